The van der Waals surface area contributed by atoms with E-state index in [1.807, 2.05) is 20.8 Å². The number of fused-ring (bicyclic) bond motifs is 3. The molecule has 15 heteroatoms. The number of piperidine rings is 1. The molecule has 0 aromatic carbocycles. The van der Waals surface area contributed by atoms with Crippen molar-refractivity contribution < 1.29 is 32.4 Å². The average molecular weight is 777 g/mol. The number of carbonyl (C=O) groups is 5. The fourth-order valence-electron chi connectivity index (χ4n) is 8.00. The number of ketones is 1. The molecule has 2 aliphatic carbocycles. The van der Waals surface area contributed by atoms with Gasteiger partial charge in [-0.15, -0.1) is 11.3 Å². The van der Waals surface area contributed by atoms with Crippen molar-refractivity contribution >= 4 is 50.9 Å². The predicted molar refractivity (Wildman–Crippen MR) is 203 cm³/mol. The van der Waals surface area contributed by atoms with Crippen LogP contribution in [0.2, 0.25) is 0 Å². The molecule has 296 valence electrons. The van der Waals surface area contributed by atoms with Crippen molar-refractivity contribution in [3.8, 4) is 0 Å². The van der Waals surface area contributed by atoms with Crippen LogP contribution in [-0.4, -0.2) is 98.0 Å². The highest BCUT2D eigenvalue weighted by atomic mass is 32.2. The highest BCUT2D eigenvalue weighted by Crippen LogP contribution is 2.65. The summed E-state index contributed by atoms with van der Waals surface area (Å²) in [7, 11) is -2.27. The molecule has 4 N–H and O–H groups in total. The van der Waals surface area contributed by atoms with Crippen molar-refractivity contribution in [2.45, 2.75) is 134 Å². The lowest BCUT2D eigenvalue weighted by Crippen LogP contribution is -2.60. The van der Waals surface area contributed by atoms with E-state index in [1.54, 1.807) is 22.4 Å². The Hall–Kier alpha value is -3.04. The van der Waals surface area contributed by atoms with Gasteiger partial charge >= 0.3 is 6.03 Å². The van der Waals surface area contributed by atoms with Crippen LogP contribution in [0.15, 0.2) is 21.7 Å². The van der Waals surface area contributed by atoms with Gasteiger partial charge in [0, 0.05) is 32.7 Å². The molecular weight excluding hydrogens is 717 g/mol. The van der Waals surface area contributed by atoms with Gasteiger partial charge < -0.3 is 26.2 Å². The second-order valence-corrected chi connectivity index (χ2v) is 20.5. The van der Waals surface area contributed by atoms with Crippen molar-refractivity contribution in [1.29, 1.82) is 0 Å². The maximum atomic E-state index is 14.5. The van der Waals surface area contributed by atoms with E-state index in [0.717, 1.165) is 56.3 Å². The van der Waals surface area contributed by atoms with Crippen LogP contribution in [0.1, 0.15) is 105 Å². The van der Waals surface area contributed by atoms with E-state index in [9.17, 15) is 32.4 Å². The summed E-state index contributed by atoms with van der Waals surface area (Å²) in [6, 6.07) is -0.706. The first-order chi connectivity index (χ1) is 24.9. The first-order valence-corrected chi connectivity index (χ1v) is 21.7. The third-order valence-corrected chi connectivity index (χ3v) is 15.1. The number of nitrogens with one attached hydrogen (secondary N) is 4. The highest BCUT2D eigenvalue weighted by molar-refractivity contribution is 7.91. The average Bonchev–Trinajstić information content (AvgIpc) is 3.79. The second kappa shape index (κ2) is 16.8. The number of amides is 5. The van der Waals surface area contributed by atoms with Crippen LogP contribution in [0, 0.1) is 28.6 Å². The van der Waals surface area contributed by atoms with Gasteiger partial charge in [0.2, 0.25) is 17.6 Å². The molecule has 0 bridgehead atoms. The van der Waals surface area contributed by atoms with Crippen molar-refractivity contribution in [3.63, 3.8) is 0 Å². The maximum Gasteiger partial charge on any atom is 0.315 e. The summed E-state index contributed by atoms with van der Waals surface area (Å²) in [6.45, 7) is 10.7. The van der Waals surface area contributed by atoms with Gasteiger partial charge in [-0.2, -0.15) is 4.31 Å². The van der Waals surface area contributed by atoms with Crippen molar-refractivity contribution in [3.05, 3.63) is 17.5 Å². The molecular formula is C38H60N6O7S2. The first-order valence-electron chi connectivity index (χ1n) is 19.4. The fourth-order valence-corrected chi connectivity index (χ4v) is 10.4. The van der Waals surface area contributed by atoms with E-state index in [-0.39, 0.29) is 33.9 Å². The molecule has 1 aromatic heterocycles. The standard InChI is InChI=1S/C38H60N6O7S2/c1-37(2,3)28(23-43(6)53(50,51)29-17-14-20-52-29)42-36(49)41-27-16-13-11-9-7-8-10-12-15-26(32(45)34(47)39-21-24-18-19-24)40-33(46)31-30-25(38(30,4)5)22-44(31)35(27)48/h14,17,20,24-28,30-31H,7-13,15-16,18-19,21-23H2,1-6H3,(H,39,47)(H,40,46)(H2,41,42,49)/t25-,26-,27-,28+,30-,31-/m0/s1. The molecule has 1 aromatic rings. The highest BCUT2D eigenvalue weighted by Gasteiger charge is 2.69. The number of hydrogen-bond acceptors (Lipinski definition) is 8. The van der Waals surface area contributed by atoms with E-state index in [1.165, 1.54) is 11.4 Å². The number of urea groups is 1. The predicted octanol–water partition coefficient (Wildman–Crippen LogP) is 4.04. The normalized spacial score (nSPS) is 27.6. The Kier molecular flexibility index (Phi) is 13.0. The van der Waals surface area contributed by atoms with E-state index in [2.05, 4.69) is 35.1 Å². The monoisotopic (exact) mass is 776 g/mol. The summed E-state index contributed by atoms with van der Waals surface area (Å²) in [5, 5.41) is 13.2. The Balaban J connectivity index is 1.33. The minimum absolute atomic E-state index is 0.0150. The quantitative estimate of drug-likeness (QED) is 0.260. The van der Waals surface area contributed by atoms with Crippen LogP contribution in [0.4, 0.5) is 4.79 Å². The molecule has 2 aliphatic heterocycles. The van der Waals surface area contributed by atoms with Crippen molar-refractivity contribution in [1.82, 2.24) is 30.5 Å². The van der Waals surface area contributed by atoms with Gasteiger partial charge in [0.15, 0.2) is 0 Å². The molecule has 4 fully saturated rings. The number of Topliss-reactive ketones (excluding diaryl/α,β-unsaturated/α-hetero) is 1. The minimum Gasteiger partial charge on any atom is -0.349 e. The summed E-state index contributed by atoms with van der Waals surface area (Å²) >= 11 is 1.13. The molecule has 53 heavy (non-hydrogen) atoms. The molecule has 0 spiro atoms. The SMILES string of the molecule is CN(C[C@@H](NC(=O)N[C@H]1CCCCCCCCC[C@@H](C(=O)C(=O)NCC2CC2)NC(=O)[C@@H]2[C@@H]3[C@H](CN2C1=O)C3(C)C)C(C)(C)C)S(=O)(=O)c1cccs1. The Labute approximate surface area is 319 Å². The van der Waals surface area contributed by atoms with Crippen LogP contribution in [0.5, 0.6) is 0 Å². The number of likely N-dealkylation sites (N-methyl/N-ethyl adjacent to an activating group) is 1. The van der Waals surface area contributed by atoms with Crippen molar-refractivity contribution in [2.75, 3.05) is 26.7 Å². The minimum atomic E-state index is -3.76. The van der Waals surface area contributed by atoms with Crippen LogP contribution in [0.25, 0.3) is 0 Å². The molecule has 0 unspecified atom stereocenters. The Bertz CT molecular complexity index is 1600. The van der Waals surface area contributed by atoms with Gasteiger partial charge in [0.1, 0.15) is 16.3 Å². The largest absolute Gasteiger partial charge is 0.349 e. The van der Waals surface area contributed by atoms with E-state index in [4.69, 9.17) is 0 Å². The number of rotatable bonds is 10. The van der Waals surface area contributed by atoms with Crippen LogP contribution in [-0.2, 0) is 29.2 Å². The summed E-state index contributed by atoms with van der Waals surface area (Å²) in [4.78, 5) is 70.3. The molecule has 5 amide bonds. The molecule has 3 heterocycles. The fraction of sp³-hybridized carbons (Fsp3) is 0.763. The maximum absolute atomic E-state index is 14.5. The lowest BCUT2D eigenvalue weighted by molar-refractivity contribution is -0.144. The van der Waals surface area contributed by atoms with E-state index >= 15 is 0 Å². The van der Waals surface area contributed by atoms with Crippen LogP contribution in [0.3, 0.4) is 0 Å². The van der Waals surface area contributed by atoms with E-state index < -0.39 is 63.2 Å². The number of hydrogen-bond donors (Lipinski definition) is 4. The summed E-state index contributed by atoms with van der Waals surface area (Å²) in [6.07, 6.45) is 8.82. The van der Waals surface area contributed by atoms with E-state index in [0.29, 0.717) is 44.7 Å². The topological polar surface area (TPSA) is 174 Å². The molecule has 2 saturated heterocycles. The van der Waals surface area contributed by atoms with Gasteiger partial charge in [0.05, 0.1) is 6.04 Å². The molecule has 4 aliphatic rings. The lowest BCUT2D eigenvalue weighted by Gasteiger charge is -2.36. The summed E-state index contributed by atoms with van der Waals surface area (Å²) < 4.78 is 27.9. The van der Waals surface area contributed by atoms with Gasteiger partial charge in [-0.25, -0.2) is 13.2 Å². The van der Waals surface area contributed by atoms with Gasteiger partial charge in [-0.3, -0.25) is 19.2 Å². The first kappa shape index (κ1) is 41.1. The molecule has 13 nitrogen and oxygen atoms in total. The molecule has 5 rings (SSSR count). The lowest BCUT2D eigenvalue weighted by atomic mass is 9.86. The smallest absolute Gasteiger partial charge is 0.315 e. The number of thiophene rings is 1. The van der Waals surface area contributed by atoms with Crippen molar-refractivity contribution in [2.24, 2.45) is 28.6 Å². The number of nitrogens with zero attached hydrogens (tertiary/aromatic N) is 2. The van der Waals surface area contributed by atoms with Crippen LogP contribution >= 0.6 is 11.3 Å². The molecule has 6 atom stereocenters. The number of sulfonamides is 1. The molecule has 0 radical (unpaired) electrons. The molecule has 2 saturated carbocycles. The third-order valence-electron chi connectivity index (χ3n) is 11.9. The third kappa shape index (κ3) is 9.99. The Morgan fingerprint density at radius 2 is 1.66 bits per heavy atom. The zero-order valence-corrected chi connectivity index (χ0v) is 33.9. The van der Waals surface area contributed by atoms with Crippen LogP contribution < -0.4 is 21.3 Å². The zero-order valence-electron chi connectivity index (χ0n) is 32.2. The zero-order chi connectivity index (χ0) is 38.7. The summed E-state index contributed by atoms with van der Waals surface area (Å²) in [5.74, 6) is -1.76. The Morgan fingerprint density at radius 1 is 1.02 bits per heavy atom. The summed E-state index contributed by atoms with van der Waals surface area (Å²) in [5.41, 5.74) is -0.717. The number of carbonyl (C=O) groups excluding carboxylic acids is 5. The Morgan fingerprint density at radius 3 is 2.26 bits per heavy atom. The van der Waals surface area contributed by atoms with Gasteiger partial charge in [-0.05, 0) is 65.7 Å². The van der Waals surface area contributed by atoms with Gasteiger partial charge in [0.25, 0.3) is 15.9 Å². The second-order valence-electron chi connectivity index (χ2n) is 17.3. The van der Waals surface area contributed by atoms with Gasteiger partial charge in [-0.1, -0.05) is 85.6 Å².